The molecule has 6 nitrogen and oxygen atoms in total. The number of phenols is 1. The topological polar surface area (TPSA) is 91.6 Å². The number of carbonyl (C=O) groups excluding carboxylic acids is 1. The molecule has 0 spiro atoms. The SMILES string of the molecule is COc1ccc(NC(=O)/C(C#N)=C\c2cccc(O)c2)cc1OC. The van der Waals surface area contributed by atoms with Crippen molar-refractivity contribution >= 4 is 17.7 Å². The third kappa shape index (κ3) is 4.05. The summed E-state index contributed by atoms with van der Waals surface area (Å²) in [5, 5.41) is 21.3. The molecule has 2 aromatic rings. The van der Waals surface area contributed by atoms with Crippen molar-refractivity contribution in [2.75, 3.05) is 19.5 Å². The zero-order valence-electron chi connectivity index (χ0n) is 13.2. The number of hydrogen-bond donors (Lipinski definition) is 2. The van der Waals surface area contributed by atoms with Gasteiger partial charge in [0.2, 0.25) is 0 Å². The van der Waals surface area contributed by atoms with Crippen LogP contribution in [0.5, 0.6) is 17.2 Å². The zero-order valence-corrected chi connectivity index (χ0v) is 13.2. The summed E-state index contributed by atoms with van der Waals surface area (Å²) < 4.78 is 10.3. The zero-order chi connectivity index (χ0) is 17.5. The first kappa shape index (κ1) is 16.9. The van der Waals surface area contributed by atoms with Gasteiger partial charge in [0.05, 0.1) is 14.2 Å². The second kappa shape index (κ2) is 7.70. The number of nitrogens with one attached hydrogen (secondary N) is 1. The Labute approximate surface area is 139 Å². The Morgan fingerprint density at radius 2 is 1.92 bits per heavy atom. The van der Waals surface area contributed by atoms with E-state index >= 15 is 0 Å². The Bertz CT molecular complexity index is 822. The summed E-state index contributed by atoms with van der Waals surface area (Å²) in [5.74, 6) is 0.492. The molecular weight excluding hydrogens is 308 g/mol. The van der Waals surface area contributed by atoms with Crippen LogP contribution < -0.4 is 14.8 Å². The highest BCUT2D eigenvalue weighted by atomic mass is 16.5. The van der Waals surface area contributed by atoms with Crippen molar-refractivity contribution in [1.29, 1.82) is 5.26 Å². The Morgan fingerprint density at radius 3 is 2.54 bits per heavy atom. The second-order valence-electron chi connectivity index (χ2n) is 4.79. The molecule has 6 heteroatoms. The van der Waals surface area contributed by atoms with E-state index in [2.05, 4.69) is 5.32 Å². The van der Waals surface area contributed by atoms with E-state index in [0.29, 0.717) is 22.7 Å². The Hall–Kier alpha value is -3.46. The van der Waals surface area contributed by atoms with E-state index in [1.807, 2.05) is 6.07 Å². The normalized spacial score (nSPS) is 10.6. The quantitative estimate of drug-likeness (QED) is 0.652. The molecule has 2 aromatic carbocycles. The van der Waals surface area contributed by atoms with Crippen molar-refractivity contribution in [2.24, 2.45) is 0 Å². The summed E-state index contributed by atoms with van der Waals surface area (Å²) in [6.07, 6.45) is 1.40. The molecule has 2 rings (SSSR count). The number of amides is 1. The van der Waals surface area contributed by atoms with Gasteiger partial charge < -0.3 is 19.9 Å². The van der Waals surface area contributed by atoms with Crippen LogP contribution in [-0.4, -0.2) is 25.2 Å². The van der Waals surface area contributed by atoms with Crippen molar-refractivity contribution in [3.63, 3.8) is 0 Å². The fourth-order valence-corrected chi connectivity index (χ4v) is 2.04. The molecule has 0 bridgehead atoms. The summed E-state index contributed by atoms with van der Waals surface area (Å²) >= 11 is 0. The highest BCUT2D eigenvalue weighted by Crippen LogP contribution is 2.29. The highest BCUT2D eigenvalue weighted by molar-refractivity contribution is 6.09. The molecule has 0 fully saturated rings. The van der Waals surface area contributed by atoms with Crippen LogP contribution in [0.4, 0.5) is 5.69 Å². The van der Waals surface area contributed by atoms with Crippen LogP contribution in [0.3, 0.4) is 0 Å². The van der Waals surface area contributed by atoms with E-state index in [0.717, 1.165) is 0 Å². The van der Waals surface area contributed by atoms with Gasteiger partial charge in [0.15, 0.2) is 11.5 Å². The molecule has 0 aliphatic rings. The first-order chi connectivity index (χ1) is 11.6. The molecule has 1 amide bonds. The summed E-state index contributed by atoms with van der Waals surface area (Å²) in [6.45, 7) is 0. The molecule has 0 saturated carbocycles. The molecule has 0 radical (unpaired) electrons. The van der Waals surface area contributed by atoms with Crippen molar-refractivity contribution < 1.29 is 19.4 Å². The standard InChI is InChI=1S/C18H16N2O4/c1-23-16-7-6-14(10-17(16)24-2)20-18(22)13(11-19)8-12-4-3-5-15(21)9-12/h3-10,21H,1-2H3,(H,20,22)/b13-8-. The van der Waals surface area contributed by atoms with Gasteiger partial charge in [-0.15, -0.1) is 0 Å². The molecule has 122 valence electrons. The summed E-state index contributed by atoms with van der Waals surface area (Å²) in [6, 6.07) is 13.0. The van der Waals surface area contributed by atoms with Crippen LogP contribution in [0, 0.1) is 11.3 Å². The van der Waals surface area contributed by atoms with Gasteiger partial charge in [-0.1, -0.05) is 12.1 Å². The molecule has 0 saturated heterocycles. The number of benzene rings is 2. The average molecular weight is 324 g/mol. The Balaban J connectivity index is 2.23. The van der Waals surface area contributed by atoms with Crippen molar-refractivity contribution in [1.82, 2.24) is 0 Å². The van der Waals surface area contributed by atoms with Crippen LogP contribution in [0.1, 0.15) is 5.56 Å². The van der Waals surface area contributed by atoms with Crippen molar-refractivity contribution in [3.05, 3.63) is 53.6 Å². The lowest BCUT2D eigenvalue weighted by Gasteiger charge is -2.10. The monoisotopic (exact) mass is 324 g/mol. The fraction of sp³-hybridized carbons (Fsp3) is 0.111. The van der Waals surface area contributed by atoms with Gasteiger partial charge in [0, 0.05) is 11.8 Å². The average Bonchev–Trinajstić information content (AvgIpc) is 2.59. The van der Waals surface area contributed by atoms with Crippen LogP contribution in [-0.2, 0) is 4.79 Å². The summed E-state index contributed by atoms with van der Waals surface area (Å²) in [7, 11) is 3.01. The van der Waals surface area contributed by atoms with Crippen molar-refractivity contribution in [2.45, 2.75) is 0 Å². The third-order valence-corrected chi connectivity index (χ3v) is 3.19. The lowest BCUT2D eigenvalue weighted by Crippen LogP contribution is -2.13. The molecular formula is C18H16N2O4. The van der Waals surface area contributed by atoms with Gasteiger partial charge >= 0.3 is 0 Å². The summed E-state index contributed by atoms with van der Waals surface area (Å²) in [5.41, 5.74) is 0.930. The third-order valence-electron chi connectivity index (χ3n) is 3.19. The largest absolute Gasteiger partial charge is 0.508 e. The van der Waals surface area contributed by atoms with Crippen LogP contribution in [0.15, 0.2) is 48.0 Å². The minimum absolute atomic E-state index is 0.0568. The molecule has 2 N–H and O–H groups in total. The van der Waals surface area contributed by atoms with Crippen LogP contribution in [0.25, 0.3) is 6.08 Å². The number of carbonyl (C=O) groups is 1. The number of ether oxygens (including phenoxy) is 2. The summed E-state index contributed by atoms with van der Waals surface area (Å²) in [4.78, 5) is 12.3. The van der Waals surface area contributed by atoms with Crippen LogP contribution >= 0.6 is 0 Å². The minimum Gasteiger partial charge on any atom is -0.508 e. The minimum atomic E-state index is -0.562. The maximum Gasteiger partial charge on any atom is 0.266 e. The molecule has 0 aliphatic heterocycles. The number of nitrogens with zero attached hydrogens (tertiary/aromatic N) is 1. The van der Waals surface area contributed by atoms with E-state index in [1.165, 1.54) is 32.4 Å². The number of rotatable bonds is 5. The maximum absolute atomic E-state index is 12.3. The highest BCUT2D eigenvalue weighted by Gasteiger charge is 2.11. The number of aromatic hydroxyl groups is 1. The number of methoxy groups -OCH3 is 2. The Morgan fingerprint density at radius 1 is 1.17 bits per heavy atom. The molecule has 24 heavy (non-hydrogen) atoms. The molecule has 0 atom stereocenters. The number of phenolic OH excluding ortho intramolecular Hbond substituents is 1. The molecule has 0 aromatic heterocycles. The molecule has 0 heterocycles. The van der Waals surface area contributed by atoms with Gasteiger partial charge in [-0.25, -0.2) is 0 Å². The van der Waals surface area contributed by atoms with E-state index in [-0.39, 0.29) is 11.3 Å². The van der Waals surface area contributed by atoms with E-state index in [9.17, 15) is 15.2 Å². The fourth-order valence-electron chi connectivity index (χ4n) is 2.04. The number of nitriles is 1. The lowest BCUT2D eigenvalue weighted by molar-refractivity contribution is -0.112. The van der Waals surface area contributed by atoms with E-state index < -0.39 is 5.91 Å². The van der Waals surface area contributed by atoms with Gasteiger partial charge in [-0.2, -0.15) is 5.26 Å². The van der Waals surface area contributed by atoms with Gasteiger partial charge in [0.25, 0.3) is 5.91 Å². The second-order valence-corrected chi connectivity index (χ2v) is 4.79. The van der Waals surface area contributed by atoms with E-state index in [4.69, 9.17) is 9.47 Å². The predicted molar refractivity (Wildman–Crippen MR) is 89.9 cm³/mol. The van der Waals surface area contributed by atoms with Gasteiger partial charge in [0.1, 0.15) is 17.4 Å². The van der Waals surface area contributed by atoms with E-state index in [1.54, 1.807) is 30.3 Å². The number of anilines is 1. The lowest BCUT2D eigenvalue weighted by atomic mass is 10.1. The smallest absolute Gasteiger partial charge is 0.266 e. The van der Waals surface area contributed by atoms with Gasteiger partial charge in [-0.05, 0) is 35.9 Å². The first-order valence-electron chi connectivity index (χ1n) is 7.01. The molecule has 0 aliphatic carbocycles. The number of hydrogen-bond acceptors (Lipinski definition) is 5. The van der Waals surface area contributed by atoms with Gasteiger partial charge in [-0.3, -0.25) is 4.79 Å². The Kier molecular flexibility index (Phi) is 5.42. The molecule has 0 unspecified atom stereocenters. The van der Waals surface area contributed by atoms with Crippen LogP contribution in [0.2, 0.25) is 0 Å². The first-order valence-corrected chi connectivity index (χ1v) is 7.01. The predicted octanol–water partition coefficient (Wildman–Crippen LogP) is 2.96. The maximum atomic E-state index is 12.3. The van der Waals surface area contributed by atoms with Crippen molar-refractivity contribution in [3.8, 4) is 23.3 Å².